The second-order valence-corrected chi connectivity index (χ2v) is 11.1. The molecule has 178 valence electrons. The molecule has 1 aromatic heterocycles. The lowest BCUT2D eigenvalue weighted by molar-refractivity contribution is 0.102. The van der Waals surface area contributed by atoms with Crippen LogP contribution in [0.2, 0.25) is 0 Å². The lowest BCUT2D eigenvalue weighted by Gasteiger charge is -2.33. The SMILES string of the molecule is CCOc1ccccc1/C=N\c1sc2c(c1C(=O)Nc1ccc(C)cc1)CCC(C(C)(C)C)C2. The first-order valence-corrected chi connectivity index (χ1v) is 12.9. The largest absolute Gasteiger partial charge is 0.493 e. The fourth-order valence-electron chi connectivity index (χ4n) is 4.47. The highest BCUT2D eigenvalue weighted by molar-refractivity contribution is 7.16. The van der Waals surface area contributed by atoms with Crippen molar-refractivity contribution in [3.05, 3.63) is 75.7 Å². The first-order chi connectivity index (χ1) is 16.3. The third-order valence-electron chi connectivity index (χ3n) is 6.55. The summed E-state index contributed by atoms with van der Waals surface area (Å²) in [5.74, 6) is 1.32. The third-order valence-corrected chi connectivity index (χ3v) is 7.71. The van der Waals surface area contributed by atoms with Crippen molar-refractivity contribution in [2.24, 2.45) is 16.3 Å². The van der Waals surface area contributed by atoms with E-state index in [1.165, 1.54) is 10.4 Å². The number of aliphatic imine (C=N–C) groups is 1. The van der Waals surface area contributed by atoms with Gasteiger partial charge in [0, 0.05) is 22.3 Å². The first-order valence-electron chi connectivity index (χ1n) is 12.0. The summed E-state index contributed by atoms with van der Waals surface area (Å²) >= 11 is 1.66. The fourth-order valence-corrected chi connectivity index (χ4v) is 5.74. The molecule has 1 aliphatic rings. The van der Waals surface area contributed by atoms with Gasteiger partial charge in [-0.3, -0.25) is 4.79 Å². The van der Waals surface area contributed by atoms with E-state index in [1.807, 2.05) is 68.6 Å². The van der Waals surface area contributed by atoms with E-state index < -0.39 is 0 Å². The van der Waals surface area contributed by atoms with Crippen molar-refractivity contribution in [1.29, 1.82) is 0 Å². The molecule has 0 spiro atoms. The molecule has 0 bridgehead atoms. The standard InChI is InChI=1S/C29H34N2O2S/c1-6-33-24-10-8-7-9-20(24)18-30-28-26(27(32)31-22-14-11-19(2)12-15-22)23-16-13-21(29(3,4)5)17-25(23)34-28/h7-12,14-15,18,21H,6,13,16-17H2,1-5H3,(H,31,32)/b30-18-. The maximum absolute atomic E-state index is 13.5. The minimum Gasteiger partial charge on any atom is -0.493 e. The average molecular weight is 475 g/mol. The lowest BCUT2D eigenvalue weighted by atomic mass is 9.72. The lowest BCUT2D eigenvalue weighted by Crippen LogP contribution is -2.27. The van der Waals surface area contributed by atoms with E-state index in [9.17, 15) is 4.79 Å². The molecule has 5 heteroatoms. The normalized spacial score (nSPS) is 15.9. The van der Waals surface area contributed by atoms with Gasteiger partial charge in [-0.05, 0) is 74.3 Å². The monoisotopic (exact) mass is 474 g/mol. The zero-order valence-corrected chi connectivity index (χ0v) is 21.6. The number of rotatable bonds is 6. The molecule has 1 heterocycles. The Kier molecular flexibility index (Phi) is 7.22. The van der Waals surface area contributed by atoms with Crippen molar-refractivity contribution in [2.45, 2.75) is 53.9 Å². The van der Waals surface area contributed by atoms with Gasteiger partial charge >= 0.3 is 0 Å². The highest BCUT2D eigenvalue weighted by Crippen LogP contribution is 2.45. The fraction of sp³-hybridized carbons (Fsp3) is 0.379. The summed E-state index contributed by atoms with van der Waals surface area (Å²) in [5, 5.41) is 3.88. The molecular formula is C29H34N2O2S. The molecule has 0 aliphatic heterocycles. The minimum atomic E-state index is -0.0826. The van der Waals surface area contributed by atoms with Crippen LogP contribution in [0, 0.1) is 18.3 Å². The molecule has 4 nitrogen and oxygen atoms in total. The van der Waals surface area contributed by atoms with E-state index in [-0.39, 0.29) is 11.3 Å². The van der Waals surface area contributed by atoms with Gasteiger partial charge in [0.1, 0.15) is 10.8 Å². The van der Waals surface area contributed by atoms with Gasteiger partial charge < -0.3 is 10.1 Å². The van der Waals surface area contributed by atoms with Crippen LogP contribution in [0.25, 0.3) is 0 Å². The average Bonchev–Trinajstić information content (AvgIpc) is 3.17. The van der Waals surface area contributed by atoms with Gasteiger partial charge in [0.25, 0.3) is 5.91 Å². The number of hydrogen-bond donors (Lipinski definition) is 1. The summed E-state index contributed by atoms with van der Waals surface area (Å²) in [4.78, 5) is 19.6. The Balaban J connectivity index is 1.71. The number of hydrogen-bond acceptors (Lipinski definition) is 4. The molecule has 34 heavy (non-hydrogen) atoms. The van der Waals surface area contributed by atoms with Crippen molar-refractivity contribution in [2.75, 3.05) is 11.9 Å². The summed E-state index contributed by atoms with van der Waals surface area (Å²) in [7, 11) is 0. The van der Waals surface area contributed by atoms with Gasteiger partial charge in [-0.25, -0.2) is 4.99 Å². The van der Waals surface area contributed by atoms with Crippen LogP contribution >= 0.6 is 11.3 Å². The molecule has 0 fully saturated rings. The van der Waals surface area contributed by atoms with Crippen LogP contribution in [-0.4, -0.2) is 18.7 Å². The molecule has 1 amide bonds. The number of amides is 1. The van der Waals surface area contributed by atoms with Crippen molar-refractivity contribution >= 4 is 34.1 Å². The maximum atomic E-state index is 13.5. The number of anilines is 1. The summed E-state index contributed by atoms with van der Waals surface area (Å²) in [6.07, 6.45) is 4.83. The molecule has 1 N–H and O–H groups in total. The highest BCUT2D eigenvalue weighted by atomic mass is 32.1. The van der Waals surface area contributed by atoms with Crippen LogP contribution in [0.1, 0.15) is 66.0 Å². The van der Waals surface area contributed by atoms with Crippen LogP contribution in [-0.2, 0) is 12.8 Å². The Morgan fingerprint density at radius 1 is 1.18 bits per heavy atom. The van der Waals surface area contributed by atoms with Gasteiger partial charge in [0.2, 0.25) is 0 Å². The zero-order chi connectivity index (χ0) is 24.3. The number of carbonyl (C=O) groups is 1. The second-order valence-electron chi connectivity index (χ2n) is 10.0. The molecule has 1 unspecified atom stereocenters. The number of nitrogens with one attached hydrogen (secondary N) is 1. The highest BCUT2D eigenvalue weighted by Gasteiger charge is 2.33. The predicted molar refractivity (Wildman–Crippen MR) is 143 cm³/mol. The Hall–Kier alpha value is -2.92. The molecule has 3 aromatic rings. The third kappa shape index (κ3) is 5.41. The van der Waals surface area contributed by atoms with Crippen molar-refractivity contribution in [1.82, 2.24) is 0 Å². The van der Waals surface area contributed by atoms with Crippen LogP contribution in [0.4, 0.5) is 10.7 Å². The molecule has 0 saturated heterocycles. The number of ether oxygens (including phenoxy) is 1. The van der Waals surface area contributed by atoms with Crippen molar-refractivity contribution in [3.63, 3.8) is 0 Å². The van der Waals surface area contributed by atoms with E-state index >= 15 is 0 Å². The minimum absolute atomic E-state index is 0.0826. The number of para-hydroxylation sites is 1. The molecule has 0 saturated carbocycles. The first kappa shape index (κ1) is 24.2. The number of aryl methyl sites for hydroxylation is 1. The molecule has 1 aliphatic carbocycles. The van der Waals surface area contributed by atoms with Gasteiger partial charge in [-0.2, -0.15) is 0 Å². The molecule has 2 aromatic carbocycles. The van der Waals surface area contributed by atoms with Crippen LogP contribution in [0.5, 0.6) is 5.75 Å². The van der Waals surface area contributed by atoms with Crippen LogP contribution < -0.4 is 10.1 Å². The van der Waals surface area contributed by atoms with Crippen molar-refractivity contribution in [3.8, 4) is 5.75 Å². The van der Waals surface area contributed by atoms with Crippen LogP contribution in [0.15, 0.2) is 53.5 Å². The Bertz CT molecular complexity index is 1190. The quantitative estimate of drug-likeness (QED) is 0.374. The van der Waals surface area contributed by atoms with Gasteiger partial charge in [-0.15, -0.1) is 11.3 Å². The Labute approximate surface area is 207 Å². The number of carbonyl (C=O) groups excluding carboxylic acids is 1. The number of nitrogens with zero attached hydrogens (tertiary/aromatic N) is 1. The summed E-state index contributed by atoms with van der Waals surface area (Å²) in [5.41, 5.74) is 5.01. The molecule has 0 radical (unpaired) electrons. The van der Waals surface area contributed by atoms with E-state index in [2.05, 4.69) is 26.1 Å². The second kappa shape index (κ2) is 10.1. The molecular weight excluding hydrogens is 440 g/mol. The maximum Gasteiger partial charge on any atom is 0.259 e. The number of thiophene rings is 1. The summed E-state index contributed by atoms with van der Waals surface area (Å²) < 4.78 is 5.76. The van der Waals surface area contributed by atoms with Crippen molar-refractivity contribution < 1.29 is 9.53 Å². The summed E-state index contributed by atoms with van der Waals surface area (Å²) in [6.45, 7) is 11.5. The summed E-state index contributed by atoms with van der Waals surface area (Å²) in [6, 6.07) is 15.8. The predicted octanol–water partition coefficient (Wildman–Crippen LogP) is 7.61. The smallest absolute Gasteiger partial charge is 0.259 e. The topological polar surface area (TPSA) is 50.7 Å². The molecule has 1 atom stereocenters. The van der Waals surface area contributed by atoms with Gasteiger partial charge in [-0.1, -0.05) is 50.6 Å². The Morgan fingerprint density at radius 2 is 1.91 bits per heavy atom. The van der Waals surface area contributed by atoms with E-state index in [0.717, 1.165) is 52.4 Å². The van der Waals surface area contributed by atoms with Crippen LogP contribution in [0.3, 0.4) is 0 Å². The van der Waals surface area contributed by atoms with E-state index in [1.54, 1.807) is 11.3 Å². The number of benzene rings is 2. The Morgan fingerprint density at radius 3 is 2.62 bits per heavy atom. The number of fused-ring (bicyclic) bond motifs is 1. The van der Waals surface area contributed by atoms with E-state index in [4.69, 9.17) is 9.73 Å². The molecule has 4 rings (SSSR count). The van der Waals surface area contributed by atoms with Gasteiger partial charge in [0.05, 0.1) is 12.2 Å². The van der Waals surface area contributed by atoms with E-state index in [0.29, 0.717) is 12.5 Å². The zero-order valence-electron chi connectivity index (χ0n) is 20.8. The van der Waals surface area contributed by atoms with Gasteiger partial charge in [0.15, 0.2) is 0 Å².